The van der Waals surface area contributed by atoms with Crippen molar-refractivity contribution in [3.05, 3.63) is 65.1 Å². The van der Waals surface area contributed by atoms with Gasteiger partial charge in [-0.1, -0.05) is 22.7 Å². The lowest BCUT2D eigenvalue weighted by molar-refractivity contribution is 0.247. The molecule has 1 aromatic heterocycles. The quantitative estimate of drug-likeness (QED) is 0.674. The normalized spacial score (nSPS) is 15.3. The molecule has 0 saturated carbocycles. The number of rotatable bonds is 4. The maximum Gasteiger partial charge on any atom is 0.123 e. The average molecular weight is 383 g/mol. The average Bonchev–Trinajstić information content (AvgIpc) is 3.13. The van der Waals surface area contributed by atoms with Gasteiger partial charge >= 0.3 is 0 Å². The molecule has 0 bridgehead atoms. The first-order valence-corrected chi connectivity index (χ1v) is 9.99. The first-order valence-electron chi connectivity index (χ1n) is 9.22. The number of piperazine rings is 1. The molecule has 6 heteroatoms. The topological polar surface area (TPSA) is 32.3 Å². The van der Waals surface area contributed by atoms with Crippen LogP contribution in [0.25, 0.3) is 10.4 Å². The number of hydrogen-bond acceptors (Lipinski definition) is 5. The van der Waals surface area contributed by atoms with Crippen LogP contribution in [0.4, 0.5) is 10.1 Å². The van der Waals surface area contributed by atoms with E-state index in [1.165, 1.54) is 40.5 Å². The summed E-state index contributed by atoms with van der Waals surface area (Å²) < 4.78 is 17.3. The molecule has 0 N–H and O–H groups in total. The number of anilines is 1. The Hall–Kier alpha value is -2.31. The van der Waals surface area contributed by atoms with Crippen molar-refractivity contribution < 1.29 is 4.39 Å². The molecule has 1 saturated heterocycles. The third-order valence-corrected chi connectivity index (χ3v) is 6.08. The molecule has 3 aromatic rings. The Morgan fingerprint density at radius 2 is 1.70 bits per heavy atom. The monoisotopic (exact) mass is 382 g/mol. The van der Waals surface area contributed by atoms with Gasteiger partial charge in [0.1, 0.15) is 5.82 Å². The van der Waals surface area contributed by atoms with Crippen molar-refractivity contribution in [1.82, 2.24) is 14.5 Å². The fraction of sp³-hybridized carbons (Fsp3) is 0.333. The van der Waals surface area contributed by atoms with Gasteiger partial charge in [-0.3, -0.25) is 4.90 Å². The maximum atomic E-state index is 13.2. The van der Waals surface area contributed by atoms with Gasteiger partial charge in [0.25, 0.3) is 0 Å². The summed E-state index contributed by atoms with van der Waals surface area (Å²) in [5.41, 5.74) is 5.94. The first-order chi connectivity index (χ1) is 13.1. The minimum atomic E-state index is -0.222. The summed E-state index contributed by atoms with van der Waals surface area (Å²) in [7, 11) is 0. The maximum absolute atomic E-state index is 13.2. The molecule has 0 aliphatic carbocycles. The minimum absolute atomic E-state index is 0.222. The van der Waals surface area contributed by atoms with Crippen LogP contribution in [0.2, 0.25) is 0 Å². The Balaban J connectivity index is 1.41. The van der Waals surface area contributed by atoms with Crippen molar-refractivity contribution >= 4 is 17.2 Å². The van der Waals surface area contributed by atoms with E-state index in [1.807, 2.05) is 0 Å². The summed E-state index contributed by atoms with van der Waals surface area (Å²) in [6.45, 7) is 9.10. The molecule has 27 heavy (non-hydrogen) atoms. The van der Waals surface area contributed by atoms with Gasteiger partial charge in [0.2, 0.25) is 0 Å². The van der Waals surface area contributed by atoms with Gasteiger partial charge in [-0.05, 0) is 66.3 Å². The summed E-state index contributed by atoms with van der Waals surface area (Å²) in [6, 6.07) is 13.3. The summed E-state index contributed by atoms with van der Waals surface area (Å²) in [4.78, 5) is 5.90. The van der Waals surface area contributed by atoms with Crippen LogP contribution in [0.3, 0.4) is 0 Å². The third kappa shape index (κ3) is 4.01. The van der Waals surface area contributed by atoms with Crippen LogP contribution in [-0.4, -0.2) is 40.7 Å². The largest absolute Gasteiger partial charge is 0.369 e. The molecule has 2 heterocycles. The zero-order valence-corrected chi connectivity index (χ0v) is 16.5. The van der Waals surface area contributed by atoms with Crippen LogP contribution in [-0.2, 0) is 6.54 Å². The summed E-state index contributed by atoms with van der Waals surface area (Å²) in [5.74, 6) is -0.222. The van der Waals surface area contributed by atoms with Gasteiger partial charge in [-0.25, -0.2) is 4.39 Å². The van der Waals surface area contributed by atoms with Gasteiger partial charge < -0.3 is 4.90 Å². The van der Waals surface area contributed by atoms with Crippen molar-refractivity contribution in [3.63, 3.8) is 0 Å². The lowest BCUT2D eigenvalue weighted by atomic mass is 10.1. The molecular weight excluding hydrogens is 359 g/mol. The summed E-state index contributed by atoms with van der Waals surface area (Å²) in [5, 5.41) is 4.33. The van der Waals surface area contributed by atoms with E-state index in [4.69, 9.17) is 0 Å². The molecular formula is C21H23FN4S. The van der Waals surface area contributed by atoms with Gasteiger partial charge in [0.15, 0.2) is 0 Å². The number of aromatic nitrogens is 2. The van der Waals surface area contributed by atoms with Crippen LogP contribution < -0.4 is 4.90 Å². The van der Waals surface area contributed by atoms with E-state index in [1.54, 1.807) is 12.1 Å². The Morgan fingerprint density at radius 1 is 0.963 bits per heavy atom. The number of nitrogens with zero attached hydrogens (tertiary/aromatic N) is 4. The highest BCUT2D eigenvalue weighted by Gasteiger charge is 2.20. The Bertz CT molecular complexity index is 914. The molecule has 1 aliphatic rings. The minimum Gasteiger partial charge on any atom is -0.369 e. The van der Waals surface area contributed by atoms with Crippen molar-refractivity contribution in [2.45, 2.75) is 20.4 Å². The van der Waals surface area contributed by atoms with E-state index in [0.29, 0.717) is 0 Å². The molecule has 0 atom stereocenters. The second-order valence-corrected chi connectivity index (χ2v) is 7.84. The van der Waals surface area contributed by atoms with E-state index in [0.717, 1.165) is 48.9 Å². The first kappa shape index (κ1) is 18.1. The van der Waals surface area contributed by atoms with E-state index in [2.05, 4.69) is 51.4 Å². The van der Waals surface area contributed by atoms with Gasteiger partial charge in [-0.2, -0.15) is 0 Å². The molecule has 1 aliphatic heterocycles. The molecule has 0 unspecified atom stereocenters. The highest BCUT2D eigenvalue weighted by Crippen LogP contribution is 2.28. The van der Waals surface area contributed by atoms with E-state index in [-0.39, 0.29) is 5.82 Å². The molecule has 0 amide bonds. The van der Waals surface area contributed by atoms with Gasteiger partial charge in [0.05, 0.1) is 10.6 Å². The van der Waals surface area contributed by atoms with Crippen LogP contribution >= 0.6 is 11.5 Å². The SMILES string of the molecule is Cc1ccc(N2CCN(Cc3nnsc3-c3ccc(F)cc3)CC2)cc1C. The van der Waals surface area contributed by atoms with Crippen LogP contribution in [0.15, 0.2) is 42.5 Å². The molecule has 1 fully saturated rings. The fourth-order valence-electron chi connectivity index (χ4n) is 3.43. The summed E-state index contributed by atoms with van der Waals surface area (Å²) in [6.07, 6.45) is 0. The lowest BCUT2D eigenvalue weighted by Crippen LogP contribution is -2.46. The smallest absolute Gasteiger partial charge is 0.123 e. The molecule has 0 spiro atoms. The Kier molecular flexibility index (Phi) is 5.18. The van der Waals surface area contributed by atoms with E-state index < -0.39 is 0 Å². The van der Waals surface area contributed by atoms with Gasteiger partial charge in [0, 0.05) is 38.4 Å². The van der Waals surface area contributed by atoms with Crippen molar-refractivity contribution in [2.24, 2.45) is 0 Å². The van der Waals surface area contributed by atoms with Crippen molar-refractivity contribution in [2.75, 3.05) is 31.1 Å². The number of halogens is 1. The second-order valence-electron chi connectivity index (χ2n) is 7.09. The predicted octanol–water partition coefficient (Wildman–Crippen LogP) is 4.28. The fourth-order valence-corrected chi connectivity index (χ4v) is 4.10. The van der Waals surface area contributed by atoms with Crippen molar-refractivity contribution in [1.29, 1.82) is 0 Å². The second kappa shape index (κ2) is 7.74. The number of aryl methyl sites for hydroxylation is 2. The lowest BCUT2D eigenvalue weighted by Gasteiger charge is -2.36. The Labute approximate surface area is 163 Å². The van der Waals surface area contributed by atoms with E-state index >= 15 is 0 Å². The zero-order chi connectivity index (χ0) is 18.8. The van der Waals surface area contributed by atoms with Gasteiger partial charge in [-0.15, -0.1) is 5.10 Å². The van der Waals surface area contributed by atoms with Crippen LogP contribution in [0, 0.1) is 19.7 Å². The zero-order valence-electron chi connectivity index (χ0n) is 15.7. The summed E-state index contributed by atoms with van der Waals surface area (Å²) >= 11 is 1.38. The molecule has 4 rings (SSSR count). The van der Waals surface area contributed by atoms with Crippen LogP contribution in [0.1, 0.15) is 16.8 Å². The predicted molar refractivity (Wildman–Crippen MR) is 109 cm³/mol. The molecule has 0 radical (unpaired) electrons. The number of benzene rings is 2. The third-order valence-electron chi connectivity index (χ3n) is 5.26. The van der Waals surface area contributed by atoms with Crippen LogP contribution in [0.5, 0.6) is 0 Å². The number of hydrogen-bond donors (Lipinski definition) is 0. The molecule has 4 nitrogen and oxygen atoms in total. The molecule has 140 valence electrons. The van der Waals surface area contributed by atoms with Crippen molar-refractivity contribution in [3.8, 4) is 10.4 Å². The standard InChI is InChI=1S/C21H23FN4S/c1-15-3-8-19(13-16(15)2)26-11-9-25(10-12-26)14-20-21(27-24-23-20)17-4-6-18(22)7-5-17/h3-8,13H,9-12,14H2,1-2H3. The van der Waals surface area contributed by atoms with E-state index in [9.17, 15) is 4.39 Å². The highest BCUT2D eigenvalue weighted by atomic mass is 32.1. The highest BCUT2D eigenvalue weighted by molar-refractivity contribution is 7.09. The molecule has 2 aromatic carbocycles. The Morgan fingerprint density at radius 3 is 2.41 bits per heavy atom.